The van der Waals surface area contributed by atoms with E-state index >= 15 is 0 Å². The van der Waals surface area contributed by atoms with E-state index in [0.717, 1.165) is 5.56 Å². The van der Waals surface area contributed by atoms with Crippen molar-refractivity contribution in [3.05, 3.63) is 35.9 Å². The first kappa shape index (κ1) is 18.4. The molecule has 1 aromatic rings. The van der Waals surface area contributed by atoms with Crippen molar-refractivity contribution in [1.82, 2.24) is 8.61 Å². The predicted molar refractivity (Wildman–Crippen MR) is 90.9 cm³/mol. The van der Waals surface area contributed by atoms with E-state index in [1.807, 2.05) is 25.1 Å². The first-order chi connectivity index (χ1) is 10.8. The quantitative estimate of drug-likeness (QED) is 0.765. The van der Waals surface area contributed by atoms with E-state index in [0.29, 0.717) is 25.9 Å². The fourth-order valence-electron chi connectivity index (χ4n) is 2.69. The lowest BCUT2D eigenvalue weighted by Crippen LogP contribution is -2.38. The minimum atomic E-state index is -3.43. The van der Waals surface area contributed by atoms with E-state index in [-0.39, 0.29) is 24.6 Å². The summed E-state index contributed by atoms with van der Waals surface area (Å²) in [5, 5.41) is 0. The molecular weight excluding hydrogens is 336 g/mol. The predicted octanol–water partition coefficient (Wildman–Crippen LogP) is 1.26. The number of sulfonamides is 2. The number of hydrogen-bond acceptors (Lipinski definition) is 4. The molecular formula is C15H24N2O4S2. The van der Waals surface area contributed by atoms with Gasteiger partial charge in [-0.05, 0) is 18.4 Å². The van der Waals surface area contributed by atoms with Crippen molar-refractivity contribution in [3.8, 4) is 0 Å². The van der Waals surface area contributed by atoms with Crippen molar-refractivity contribution in [2.24, 2.45) is 0 Å². The molecule has 0 atom stereocenters. The summed E-state index contributed by atoms with van der Waals surface area (Å²) in [4.78, 5) is 0. The second-order valence-corrected chi connectivity index (χ2v) is 9.77. The second kappa shape index (κ2) is 7.74. The number of rotatable bonds is 6. The van der Waals surface area contributed by atoms with Gasteiger partial charge in [0, 0.05) is 26.2 Å². The van der Waals surface area contributed by atoms with Crippen LogP contribution in [-0.2, 0) is 25.8 Å². The molecule has 0 bridgehead atoms. The van der Waals surface area contributed by atoms with Crippen LogP contribution in [-0.4, -0.2) is 57.4 Å². The monoisotopic (exact) mass is 360 g/mol. The van der Waals surface area contributed by atoms with Crippen molar-refractivity contribution in [2.75, 3.05) is 31.9 Å². The van der Waals surface area contributed by atoms with Gasteiger partial charge in [0.05, 0.1) is 11.5 Å². The molecule has 1 aliphatic rings. The van der Waals surface area contributed by atoms with Crippen LogP contribution >= 0.6 is 0 Å². The molecule has 0 amide bonds. The number of benzene rings is 1. The Morgan fingerprint density at radius 1 is 0.870 bits per heavy atom. The maximum absolute atomic E-state index is 12.5. The Kier molecular flexibility index (Phi) is 6.19. The minimum Gasteiger partial charge on any atom is -0.212 e. The van der Waals surface area contributed by atoms with E-state index < -0.39 is 20.0 Å². The molecule has 2 rings (SSSR count). The summed E-state index contributed by atoms with van der Waals surface area (Å²) in [7, 11) is -6.70. The van der Waals surface area contributed by atoms with Crippen molar-refractivity contribution in [2.45, 2.75) is 25.5 Å². The van der Waals surface area contributed by atoms with E-state index in [2.05, 4.69) is 0 Å². The van der Waals surface area contributed by atoms with Gasteiger partial charge in [-0.15, -0.1) is 0 Å². The van der Waals surface area contributed by atoms with Crippen LogP contribution in [0.3, 0.4) is 0 Å². The van der Waals surface area contributed by atoms with Crippen molar-refractivity contribution < 1.29 is 16.8 Å². The molecule has 6 nitrogen and oxygen atoms in total. The summed E-state index contributed by atoms with van der Waals surface area (Å²) in [6.45, 7) is 3.04. The Balaban J connectivity index is 2.05. The van der Waals surface area contributed by atoms with Gasteiger partial charge in [0.2, 0.25) is 20.0 Å². The third kappa shape index (κ3) is 5.00. The summed E-state index contributed by atoms with van der Waals surface area (Å²) in [5.74, 6) is 0.0688. The van der Waals surface area contributed by atoms with E-state index in [1.54, 1.807) is 12.1 Å². The summed E-state index contributed by atoms with van der Waals surface area (Å²) < 4.78 is 52.2. The van der Waals surface area contributed by atoms with E-state index in [1.165, 1.54) is 8.61 Å². The Labute approximate surface area is 139 Å². The molecule has 0 spiro atoms. The first-order valence-corrected chi connectivity index (χ1v) is 11.1. The molecule has 0 saturated carbocycles. The van der Waals surface area contributed by atoms with Crippen LogP contribution in [0.15, 0.2) is 30.3 Å². The van der Waals surface area contributed by atoms with Gasteiger partial charge in [-0.25, -0.2) is 25.4 Å². The molecule has 1 aromatic carbocycles. The van der Waals surface area contributed by atoms with Crippen molar-refractivity contribution in [3.63, 3.8) is 0 Å². The van der Waals surface area contributed by atoms with Crippen molar-refractivity contribution >= 4 is 20.0 Å². The smallest absolute Gasteiger partial charge is 0.212 e. The molecule has 0 N–H and O–H groups in total. The zero-order chi connectivity index (χ0) is 16.9. The van der Waals surface area contributed by atoms with E-state index in [9.17, 15) is 16.8 Å². The van der Waals surface area contributed by atoms with Gasteiger partial charge in [0.15, 0.2) is 0 Å². The number of nitrogens with zero attached hydrogens (tertiary/aromatic N) is 2. The van der Waals surface area contributed by atoms with Gasteiger partial charge < -0.3 is 0 Å². The highest BCUT2D eigenvalue weighted by atomic mass is 32.2. The number of hydrogen-bond donors (Lipinski definition) is 0. The molecule has 23 heavy (non-hydrogen) atoms. The SMILES string of the molecule is CCCS(=O)(=O)N1CCCN(S(=O)(=O)Cc2ccccc2)CC1. The summed E-state index contributed by atoms with van der Waals surface area (Å²) in [6.07, 6.45) is 1.09. The summed E-state index contributed by atoms with van der Waals surface area (Å²) in [5.41, 5.74) is 0.743. The molecule has 0 aliphatic carbocycles. The van der Waals surface area contributed by atoms with Crippen LogP contribution in [0.1, 0.15) is 25.3 Å². The molecule has 1 aliphatic heterocycles. The standard InChI is InChI=1S/C15H24N2O4S2/c1-2-13-22(18,19)16-9-6-10-17(12-11-16)23(20,21)14-15-7-4-3-5-8-15/h3-5,7-8H,2,6,9-14H2,1H3. The normalized spacial score (nSPS) is 18.7. The third-order valence-electron chi connectivity index (χ3n) is 3.85. The Morgan fingerprint density at radius 2 is 1.43 bits per heavy atom. The molecule has 130 valence electrons. The topological polar surface area (TPSA) is 74.8 Å². The first-order valence-electron chi connectivity index (χ1n) is 7.85. The maximum Gasteiger partial charge on any atom is 0.218 e. The summed E-state index contributed by atoms with van der Waals surface area (Å²) in [6, 6.07) is 9.04. The zero-order valence-corrected chi connectivity index (χ0v) is 15.0. The van der Waals surface area contributed by atoms with E-state index in [4.69, 9.17) is 0 Å². The second-order valence-electron chi connectivity index (χ2n) is 5.71. The van der Waals surface area contributed by atoms with Gasteiger partial charge >= 0.3 is 0 Å². The van der Waals surface area contributed by atoms with Crippen LogP contribution in [0.25, 0.3) is 0 Å². The highest BCUT2D eigenvalue weighted by Gasteiger charge is 2.29. The van der Waals surface area contributed by atoms with Crippen LogP contribution in [0.5, 0.6) is 0 Å². The van der Waals surface area contributed by atoms with Crippen molar-refractivity contribution in [1.29, 1.82) is 0 Å². The molecule has 1 fully saturated rings. The lowest BCUT2D eigenvalue weighted by Gasteiger charge is -2.21. The Hall–Kier alpha value is -0.960. The molecule has 0 aromatic heterocycles. The van der Waals surface area contributed by atoms with Crippen LogP contribution in [0.4, 0.5) is 0 Å². The zero-order valence-electron chi connectivity index (χ0n) is 13.4. The third-order valence-corrected chi connectivity index (χ3v) is 7.78. The summed E-state index contributed by atoms with van der Waals surface area (Å²) >= 11 is 0. The highest BCUT2D eigenvalue weighted by Crippen LogP contribution is 2.15. The Bertz CT molecular complexity index is 702. The lowest BCUT2D eigenvalue weighted by molar-refractivity contribution is 0.404. The Morgan fingerprint density at radius 3 is 2.00 bits per heavy atom. The molecule has 1 heterocycles. The molecule has 0 unspecified atom stereocenters. The molecule has 1 saturated heterocycles. The van der Waals surface area contributed by atoms with Crippen LogP contribution in [0, 0.1) is 0 Å². The molecule has 0 radical (unpaired) electrons. The minimum absolute atomic E-state index is 0.0461. The van der Waals surface area contributed by atoms with Crippen LogP contribution in [0.2, 0.25) is 0 Å². The van der Waals surface area contributed by atoms with Gasteiger partial charge in [-0.2, -0.15) is 0 Å². The lowest BCUT2D eigenvalue weighted by atomic mass is 10.2. The van der Waals surface area contributed by atoms with Gasteiger partial charge in [-0.3, -0.25) is 0 Å². The molecule has 8 heteroatoms. The average molecular weight is 361 g/mol. The maximum atomic E-state index is 12.5. The fourth-order valence-corrected chi connectivity index (χ4v) is 5.79. The van der Waals surface area contributed by atoms with Gasteiger partial charge in [0.25, 0.3) is 0 Å². The van der Waals surface area contributed by atoms with Crippen LogP contribution < -0.4 is 0 Å². The van der Waals surface area contributed by atoms with Gasteiger partial charge in [0.1, 0.15) is 0 Å². The largest absolute Gasteiger partial charge is 0.218 e. The highest BCUT2D eigenvalue weighted by molar-refractivity contribution is 7.89. The van der Waals surface area contributed by atoms with Gasteiger partial charge in [-0.1, -0.05) is 37.3 Å². The fraction of sp³-hybridized carbons (Fsp3) is 0.600. The average Bonchev–Trinajstić information content (AvgIpc) is 2.75.